The number of aromatic nitrogens is 1. The average molecular weight is 420 g/mol. The fourth-order valence-electron chi connectivity index (χ4n) is 3.20. The van der Waals surface area contributed by atoms with Crippen LogP contribution in [0.25, 0.3) is 10.2 Å². The first-order valence-electron chi connectivity index (χ1n) is 9.07. The molecule has 4 nitrogen and oxygen atoms in total. The van der Waals surface area contributed by atoms with Gasteiger partial charge in [0.2, 0.25) is 0 Å². The number of β-amino-alcohol motifs (C(OH)–C–C–N with tert-alkyl or cyclic N) is 1. The Hall–Kier alpha value is -1.31. The first kappa shape index (κ1) is 19.0. The zero-order valence-corrected chi connectivity index (χ0v) is 17.3. The van der Waals surface area contributed by atoms with Crippen molar-refractivity contribution < 1.29 is 5.11 Å². The summed E-state index contributed by atoms with van der Waals surface area (Å²) in [4.78, 5) is 10.6. The zero-order chi connectivity index (χ0) is 18.6. The van der Waals surface area contributed by atoms with Gasteiger partial charge >= 0.3 is 0 Å². The number of piperazine rings is 1. The van der Waals surface area contributed by atoms with E-state index in [2.05, 4.69) is 21.9 Å². The second-order valence-electron chi connectivity index (χ2n) is 6.67. The van der Waals surface area contributed by atoms with Gasteiger partial charge in [-0.15, -0.1) is 11.8 Å². The lowest BCUT2D eigenvalue weighted by Gasteiger charge is -2.35. The highest BCUT2D eigenvalue weighted by molar-refractivity contribution is 7.99. The van der Waals surface area contributed by atoms with Crippen molar-refractivity contribution >= 4 is 50.0 Å². The minimum absolute atomic E-state index is 0.314. The Kier molecular flexibility index (Phi) is 6.20. The molecular weight excluding hydrogens is 398 g/mol. The van der Waals surface area contributed by atoms with E-state index in [9.17, 15) is 5.11 Å². The maximum absolute atomic E-state index is 10.4. The third kappa shape index (κ3) is 4.95. The first-order chi connectivity index (χ1) is 13.2. The summed E-state index contributed by atoms with van der Waals surface area (Å²) in [7, 11) is 0. The molecule has 0 spiro atoms. The van der Waals surface area contributed by atoms with Gasteiger partial charge in [0.15, 0.2) is 5.13 Å². The van der Waals surface area contributed by atoms with Crippen LogP contribution in [0.3, 0.4) is 0 Å². The number of fused-ring (bicyclic) bond motifs is 1. The molecule has 4 rings (SSSR count). The Bertz CT molecular complexity index is 881. The Morgan fingerprint density at radius 3 is 2.67 bits per heavy atom. The summed E-state index contributed by atoms with van der Waals surface area (Å²) in [5.41, 5.74) is 1.01. The van der Waals surface area contributed by atoms with E-state index < -0.39 is 0 Å². The molecule has 0 bridgehead atoms. The largest absolute Gasteiger partial charge is 0.391 e. The lowest BCUT2D eigenvalue weighted by atomic mass is 10.3. The Morgan fingerprint density at radius 2 is 1.89 bits per heavy atom. The first-order valence-corrected chi connectivity index (χ1v) is 11.2. The van der Waals surface area contributed by atoms with Crippen LogP contribution in [0.2, 0.25) is 5.02 Å². The summed E-state index contributed by atoms with van der Waals surface area (Å²) < 4.78 is 1.13. The Morgan fingerprint density at radius 1 is 1.11 bits per heavy atom. The van der Waals surface area contributed by atoms with E-state index >= 15 is 0 Å². The molecule has 142 valence electrons. The number of benzene rings is 2. The van der Waals surface area contributed by atoms with E-state index in [1.54, 1.807) is 23.1 Å². The molecule has 1 atom stereocenters. The highest BCUT2D eigenvalue weighted by Gasteiger charge is 2.21. The van der Waals surface area contributed by atoms with Crippen molar-refractivity contribution in [3.63, 3.8) is 0 Å². The maximum atomic E-state index is 10.4. The summed E-state index contributed by atoms with van der Waals surface area (Å²) >= 11 is 9.49. The van der Waals surface area contributed by atoms with Crippen LogP contribution in [0.15, 0.2) is 53.4 Å². The highest BCUT2D eigenvalue weighted by Crippen LogP contribution is 2.31. The number of hydrogen-bond acceptors (Lipinski definition) is 6. The number of anilines is 1. The normalized spacial score (nSPS) is 16.7. The predicted molar refractivity (Wildman–Crippen MR) is 116 cm³/mol. The summed E-state index contributed by atoms with van der Waals surface area (Å²) in [5, 5.41) is 12.2. The highest BCUT2D eigenvalue weighted by atomic mass is 35.5. The molecule has 1 unspecified atom stereocenters. The molecule has 0 saturated carbocycles. The van der Waals surface area contributed by atoms with E-state index in [-0.39, 0.29) is 6.10 Å². The number of aliphatic hydroxyl groups is 1. The number of nitrogens with zero attached hydrogens (tertiary/aromatic N) is 3. The van der Waals surface area contributed by atoms with Crippen molar-refractivity contribution in [1.29, 1.82) is 0 Å². The van der Waals surface area contributed by atoms with Gasteiger partial charge in [0.25, 0.3) is 0 Å². The summed E-state index contributed by atoms with van der Waals surface area (Å²) in [6.07, 6.45) is -0.314. The molecule has 7 heteroatoms. The summed E-state index contributed by atoms with van der Waals surface area (Å²) in [5.74, 6) is 0.725. The predicted octanol–water partition coefficient (Wildman–Crippen LogP) is 4.22. The molecule has 1 N–H and O–H groups in total. The molecule has 27 heavy (non-hydrogen) atoms. The lowest BCUT2D eigenvalue weighted by molar-refractivity contribution is 0.126. The van der Waals surface area contributed by atoms with Gasteiger partial charge in [-0.3, -0.25) is 4.90 Å². The molecule has 1 saturated heterocycles. The third-order valence-electron chi connectivity index (χ3n) is 4.64. The average Bonchev–Trinajstić information content (AvgIpc) is 3.11. The van der Waals surface area contributed by atoms with Gasteiger partial charge in [-0.2, -0.15) is 0 Å². The Balaban J connectivity index is 1.26. The number of thiazole rings is 1. The molecule has 1 aliphatic heterocycles. The van der Waals surface area contributed by atoms with Crippen molar-refractivity contribution in [3.05, 3.63) is 53.6 Å². The molecule has 1 fully saturated rings. The van der Waals surface area contributed by atoms with Gasteiger partial charge in [-0.1, -0.05) is 41.1 Å². The van der Waals surface area contributed by atoms with Crippen LogP contribution in [0.4, 0.5) is 5.13 Å². The second-order valence-corrected chi connectivity index (χ2v) is 9.21. The van der Waals surface area contributed by atoms with Gasteiger partial charge in [0, 0.05) is 48.4 Å². The number of halogens is 1. The van der Waals surface area contributed by atoms with Gasteiger partial charge in [-0.25, -0.2) is 4.98 Å². The second kappa shape index (κ2) is 8.80. The van der Waals surface area contributed by atoms with Crippen LogP contribution < -0.4 is 4.90 Å². The molecule has 0 aliphatic carbocycles. The van der Waals surface area contributed by atoms with E-state index in [1.165, 1.54) is 4.90 Å². The molecule has 1 aromatic heterocycles. The maximum Gasteiger partial charge on any atom is 0.186 e. The number of thioether (sulfide) groups is 1. The van der Waals surface area contributed by atoms with E-state index in [4.69, 9.17) is 16.6 Å². The van der Waals surface area contributed by atoms with E-state index in [1.807, 2.05) is 36.4 Å². The van der Waals surface area contributed by atoms with Crippen LogP contribution in [-0.2, 0) is 0 Å². The van der Waals surface area contributed by atoms with Crippen molar-refractivity contribution in [3.8, 4) is 0 Å². The summed E-state index contributed by atoms with van der Waals surface area (Å²) in [6, 6.07) is 16.1. The van der Waals surface area contributed by atoms with E-state index in [0.717, 1.165) is 58.8 Å². The van der Waals surface area contributed by atoms with Crippen LogP contribution in [0, 0.1) is 0 Å². The fourth-order valence-corrected chi connectivity index (χ4v) is 5.34. The molecule has 2 heterocycles. The molecule has 2 aromatic carbocycles. The smallest absolute Gasteiger partial charge is 0.186 e. The Labute approximate surface area is 172 Å². The van der Waals surface area contributed by atoms with Crippen LogP contribution in [0.5, 0.6) is 0 Å². The van der Waals surface area contributed by atoms with Crippen molar-refractivity contribution in [2.45, 2.75) is 11.0 Å². The lowest BCUT2D eigenvalue weighted by Crippen LogP contribution is -2.48. The third-order valence-corrected chi connectivity index (χ3v) is 7.11. The van der Waals surface area contributed by atoms with Gasteiger partial charge < -0.3 is 10.0 Å². The number of aliphatic hydroxyl groups excluding tert-OH is 1. The van der Waals surface area contributed by atoms with Crippen molar-refractivity contribution in [2.75, 3.05) is 43.4 Å². The minimum atomic E-state index is -0.314. The van der Waals surface area contributed by atoms with E-state index in [0.29, 0.717) is 0 Å². The summed E-state index contributed by atoms with van der Waals surface area (Å²) in [6.45, 7) is 4.49. The topological polar surface area (TPSA) is 39.6 Å². The molecule has 1 aliphatic rings. The van der Waals surface area contributed by atoms with Crippen molar-refractivity contribution in [2.24, 2.45) is 0 Å². The minimum Gasteiger partial charge on any atom is -0.391 e. The van der Waals surface area contributed by atoms with Crippen molar-refractivity contribution in [1.82, 2.24) is 9.88 Å². The molecule has 0 amide bonds. The zero-order valence-electron chi connectivity index (χ0n) is 14.9. The van der Waals surface area contributed by atoms with Gasteiger partial charge in [0.05, 0.1) is 16.3 Å². The quantitative estimate of drug-likeness (QED) is 0.605. The molecule has 0 radical (unpaired) electrons. The van der Waals surface area contributed by atoms with Gasteiger partial charge in [0.1, 0.15) is 0 Å². The standard InChI is InChI=1S/C20H22ClN3OS2/c21-15-6-7-18-19(12-15)27-20(22-18)24-10-8-23(9-11-24)13-16(25)14-26-17-4-2-1-3-5-17/h1-7,12,16,25H,8-11,13-14H2. The van der Waals surface area contributed by atoms with Crippen LogP contribution in [-0.4, -0.2) is 59.6 Å². The van der Waals surface area contributed by atoms with Crippen LogP contribution in [0.1, 0.15) is 0 Å². The van der Waals surface area contributed by atoms with Gasteiger partial charge in [-0.05, 0) is 30.3 Å². The number of hydrogen-bond donors (Lipinski definition) is 1. The SMILES string of the molecule is OC(CSc1ccccc1)CN1CCN(c2nc3ccc(Cl)cc3s2)CC1. The fraction of sp³-hybridized carbons (Fsp3) is 0.350. The van der Waals surface area contributed by atoms with Crippen LogP contribution >= 0.6 is 34.7 Å². The molecule has 3 aromatic rings. The number of rotatable bonds is 6. The molecular formula is C20H22ClN3OS2. The monoisotopic (exact) mass is 419 g/mol.